The molecule has 1 atom stereocenters. The minimum Gasteiger partial charge on any atom is -0.441 e. The molecular formula is C18H18N2O2. The number of carbonyl (C=O) groups is 1. The van der Waals surface area contributed by atoms with Gasteiger partial charge in [0.15, 0.2) is 5.60 Å². The Morgan fingerprint density at radius 2 is 2.09 bits per heavy atom. The third-order valence-corrected chi connectivity index (χ3v) is 3.92. The van der Waals surface area contributed by atoms with Crippen LogP contribution in [0.2, 0.25) is 0 Å². The first-order valence-electron chi connectivity index (χ1n) is 7.39. The highest BCUT2D eigenvalue weighted by molar-refractivity contribution is 5.88. The Morgan fingerprint density at radius 1 is 1.36 bits per heavy atom. The second-order valence-electron chi connectivity index (χ2n) is 5.53. The molecule has 1 fully saturated rings. The van der Waals surface area contributed by atoms with Gasteiger partial charge >= 0.3 is 5.97 Å². The molecule has 3 rings (SSSR count). The Morgan fingerprint density at radius 3 is 2.73 bits per heavy atom. The molecule has 1 heterocycles. The number of carbonyl (C=O) groups excluding carboxylic acids is 1. The van der Waals surface area contributed by atoms with E-state index in [0.717, 1.165) is 18.4 Å². The molecule has 0 bridgehead atoms. The molecule has 0 saturated heterocycles. The number of hydrogen-bond donors (Lipinski definition) is 0. The second kappa shape index (κ2) is 5.69. The lowest BCUT2D eigenvalue weighted by atomic mass is 10.1. The summed E-state index contributed by atoms with van der Waals surface area (Å²) in [5, 5.41) is 0. The predicted octanol–water partition coefficient (Wildman–Crippen LogP) is 3.21. The van der Waals surface area contributed by atoms with Crippen LogP contribution >= 0.6 is 0 Å². The highest BCUT2D eigenvalue weighted by atomic mass is 16.6. The van der Waals surface area contributed by atoms with Gasteiger partial charge in [-0.25, -0.2) is 9.78 Å². The van der Waals surface area contributed by atoms with E-state index in [-0.39, 0.29) is 12.0 Å². The fourth-order valence-electron chi connectivity index (χ4n) is 2.49. The molecule has 1 unspecified atom stereocenters. The SMILES string of the molecule is CC#CC1(OC(=O)c2cncn2C(C)c2ccccc2)CC1. The van der Waals surface area contributed by atoms with Crippen LogP contribution in [0.3, 0.4) is 0 Å². The van der Waals surface area contributed by atoms with Gasteiger partial charge in [0.05, 0.1) is 18.6 Å². The molecule has 0 amide bonds. The number of aromatic nitrogens is 2. The first-order valence-corrected chi connectivity index (χ1v) is 7.39. The summed E-state index contributed by atoms with van der Waals surface area (Å²) < 4.78 is 7.43. The van der Waals surface area contributed by atoms with Gasteiger partial charge in [-0.1, -0.05) is 36.3 Å². The maximum absolute atomic E-state index is 12.4. The molecule has 2 aromatic rings. The van der Waals surface area contributed by atoms with E-state index in [4.69, 9.17) is 4.74 Å². The van der Waals surface area contributed by atoms with Gasteiger partial charge < -0.3 is 9.30 Å². The molecule has 4 nitrogen and oxygen atoms in total. The van der Waals surface area contributed by atoms with Crippen molar-refractivity contribution in [3.63, 3.8) is 0 Å². The van der Waals surface area contributed by atoms with Crippen LogP contribution in [-0.4, -0.2) is 21.1 Å². The maximum Gasteiger partial charge on any atom is 0.358 e. The third kappa shape index (κ3) is 2.75. The van der Waals surface area contributed by atoms with Crippen LogP contribution in [0, 0.1) is 11.8 Å². The summed E-state index contributed by atoms with van der Waals surface area (Å²) >= 11 is 0. The van der Waals surface area contributed by atoms with Crippen molar-refractivity contribution in [3.8, 4) is 11.8 Å². The summed E-state index contributed by atoms with van der Waals surface area (Å²) in [6.45, 7) is 3.79. The number of imidazole rings is 1. The lowest BCUT2D eigenvalue weighted by Gasteiger charge is -2.17. The lowest BCUT2D eigenvalue weighted by Crippen LogP contribution is -2.21. The minimum absolute atomic E-state index is 0.0127. The van der Waals surface area contributed by atoms with E-state index >= 15 is 0 Å². The molecule has 1 aliphatic rings. The Hall–Kier alpha value is -2.54. The van der Waals surface area contributed by atoms with Gasteiger partial charge in [-0.3, -0.25) is 0 Å². The van der Waals surface area contributed by atoms with Crippen molar-refractivity contribution in [1.82, 2.24) is 9.55 Å². The number of esters is 1. The van der Waals surface area contributed by atoms with Crippen molar-refractivity contribution in [2.24, 2.45) is 0 Å². The van der Waals surface area contributed by atoms with E-state index in [9.17, 15) is 4.79 Å². The van der Waals surface area contributed by atoms with Crippen molar-refractivity contribution in [3.05, 3.63) is 54.1 Å². The molecule has 1 aromatic heterocycles. The summed E-state index contributed by atoms with van der Waals surface area (Å²) in [6, 6.07) is 10.0. The predicted molar refractivity (Wildman–Crippen MR) is 83.3 cm³/mol. The topological polar surface area (TPSA) is 44.1 Å². The number of rotatable bonds is 4. The van der Waals surface area contributed by atoms with Crippen molar-refractivity contribution >= 4 is 5.97 Å². The maximum atomic E-state index is 12.4. The molecule has 112 valence electrons. The average molecular weight is 294 g/mol. The first kappa shape index (κ1) is 14.4. The van der Waals surface area contributed by atoms with Crippen molar-refractivity contribution in [2.75, 3.05) is 0 Å². The molecule has 22 heavy (non-hydrogen) atoms. The van der Waals surface area contributed by atoms with Gasteiger partial charge in [-0.15, -0.1) is 5.92 Å². The van der Waals surface area contributed by atoms with E-state index in [1.165, 1.54) is 0 Å². The molecule has 1 aromatic carbocycles. The molecule has 1 saturated carbocycles. The molecule has 0 N–H and O–H groups in total. The normalized spacial score (nSPS) is 16.3. The van der Waals surface area contributed by atoms with Crippen LogP contribution in [-0.2, 0) is 4.74 Å². The zero-order chi connectivity index (χ0) is 15.6. The van der Waals surface area contributed by atoms with E-state index in [1.807, 2.05) is 41.8 Å². The number of ether oxygens (including phenoxy) is 1. The average Bonchev–Trinajstić information content (AvgIpc) is 3.11. The Kier molecular flexibility index (Phi) is 3.72. The number of benzene rings is 1. The summed E-state index contributed by atoms with van der Waals surface area (Å²) in [6.07, 6.45) is 4.83. The van der Waals surface area contributed by atoms with Crippen LogP contribution in [0.25, 0.3) is 0 Å². The van der Waals surface area contributed by atoms with Crippen molar-refractivity contribution < 1.29 is 9.53 Å². The molecule has 0 spiro atoms. The van der Waals surface area contributed by atoms with Crippen molar-refractivity contribution in [2.45, 2.75) is 38.3 Å². The van der Waals surface area contributed by atoms with Crippen LogP contribution in [0.15, 0.2) is 42.9 Å². The van der Waals surface area contributed by atoms with Crippen LogP contribution in [0.5, 0.6) is 0 Å². The monoisotopic (exact) mass is 294 g/mol. The zero-order valence-corrected chi connectivity index (χ0v) is 12.7. The summed E-state index contributed by atoms with van der Waals surface area (Å²) in [5.41, 5.74) is 1.00. The Balaban J connectivity index is 1.83. The van der Waals surface area contributed by atoms with E-state index in [2.05, 4.69) is 16.8 Å². The van der Waals surface area contributed by atoms with Gasteiger partial charge in [0, 0.05) is 12.8 Å². The van der Waals surface area contributed by atoms with Crippen LogP contribution in [0.4, 0.5) is 0 Å². The van der Waals surface area contributed by atoms with Gasteiger partial charge in [-0.2, -0.15) is 0 Å². The summed E-state index contributed by atoms with van der Waals surface area (Å²) in [7, 11) is 0. The largest absolute Gasteiger partial charge is 0.441 e. The quantitative estimate of drug-likeness (QED) is 0.642. The minimum atomic E-state index is -0.573. The van der Waals surface area contributed by atoms with Gasteiger partial charge in [0.2, 0.25) is 0 Å². The molecule has 1 aliphatic carbocycles. The molecule has 4 heteroatoms. The number of hydrogen-bond acceptors (Lipinski definition) is 3. The lowest BCUT2D eigenvalue weighted by molar-refractivity contribution is 0.0347. The standard InChI is InChI=1S/C18H18N2O2/c1-3-9-18(10-11-18)22-17(21)16-12-19-13-20(16)14(2)15-7-5-4-6-8-15/h4-8,12-14H,10-11H2,1-2H3. The van der Waals surface area contributed by atoms with Crippen LogP contribution in [0.1, 0.15) is 48.8 Å². The van der Waals surface area contributed by atoms with Gasteiger partial charge in [-0.05, 0) is 19.4 Å². The van der Waals surface area contributed by atoms with E-state index < -0.39 is 5.60 Å². The van der Waals surface area contributed by atoms with Crippen molar-refractivity contribution in [1.29, 1.82) is 0 Å². The molecule has 0 aliphatic heterocycles. The zero-order valence-electron chi connectivity index (χ0n) is 12.7. The van der Waals surface area contributed by atoms with Gasteiger partial charge in [0.25, 0.3) is 0 Å². The smallest absolute Gasteiger partial charge is 0.358 e. The highest BCUT2D eigenvalue weighted by Gasteiger charge is 2.46. The summed E-state index contributed by atoms with van der Waals surface area (Å²) in [4.78, 5) is 16.6. The summed E-state index contributed by atoms with van der Waals surface area (Å²) in [5.74, 6) is 5.46. The van der Waals surface area contributed by atoms with Gasteiger partial charge in [0.1, 0.15) is 5.69 Å². The Labute approximate surface area is 130 Å². The third-order valence-electron chi connectivity index (χ3n) is 3.92. The Bertz CT molecular complexity index is 733. The van der Waals surface area contributed by atoms with Crippen LogP contribution < -0.4 is 0 Å². The fourth-order valence-corrected chi connectivity index (χ4v) is 2.49. The number of nitrogens with zero attached hydrogens (tertiary/aromatic N) is 2. The fraction of sp³-hybridized carbons (Fsp3) is 0.333. The van der Waals surface area contributed by atoms with E-state index in [0.29, 0.717) is 5.69 Å². The van der Waals surface area contributed by atoms with E-state index in [1.54, 1.807) is 19.4 Å². The second-order valence-corrected chi connectivity index (χ2v) is 5.53. The first-order chi connectivity index (χ1) is 10.7. The highest BCUT2D eigenvalue weighted by Crippen LogP contribution is 2.39. The molecule has 0 radical (unpaired) electrons. The molecular weight excluding hydrogens is 276 g/mol.